The summed E-state index contributed by atoms with van der Waals surface area (Å²) in [5, 5.41) is 10.0. The number of anilines is 2. The van der Waals surface area contributed by atoms with Gasteiger partial charge in [0.2, 0.25) is 0 Å². The van der Waals surface area contributed by atoms with Crippen molar-refractivity contribution in [2.45, 2.75) is 38.2 Å². The highest BCUT2D eigenvalue weighted by Crippen LogP contribution is 2.39. The Hall–Kier alpha value is -1.40. The number of nitrogens with one attached hydrogen (secondary N) is 1. The van der Waals surface area contributed by atoms with E-state index in [9.17, 15) is 5.11 Å². The molecule has 1 aliphatic carbocycles. The van der Waals surface area contributed by atoms with Gasteiger partial charge in [0.1, 0.15) is 17.5 Å². The summed E-state index contributed by atoms with van der Waals surface area (Å²) in [6, 6.07) is 1.86. The molecule has 19 heavy (non-hydrogen) atoms. The van der Waals surface area contributed by atoms with Crippen LogP contribution in [0.4, 0.5) is 11.6 Å². The summed E-state index contributed by atoms with van der Waals surface area (Å²) < 4.78 is 0. The first-order valence-corrected chi connectivity index (χ1v) is 6.96. The largest absolute Gasteiger partial charge is 0.391 e. The Labute approximate surface area is 113 Å². The predicted octanol–water partition coefficient (Wildman–Crippen LogP) is 0.847. The lowest BCUT2D eigenvalue weighted by Gasteiger charge is -2.35. The molecule has 6 nitrogen and oxygen atoms in total. The summed E-state index contributed by atoms with van der Waals surface area (Å²) in [7, 11) is 0. The first-order chi connectivity index (χ1) is 9.17. The van der Waals surface area contributed by atoms with E-state index in [1.165, 1.54) is 0 Å². The van der Waals surface area contributed by atoms with Crippen LogP contribution < -0.4 is 16.2 Å². The minimum atomic E-state index is -0.289. The number of aromatic nitrogens is 2. The second-order valence-corrected chi connectivity index (χ2v) is 5.67. The zero-order chi connectivity index (χ0) is 13.4. The lowest BCUT2D eigenvalue weighted by atomic mass is 9.96. The Morgan fingerprint density at radius 3 is 2.79 bits per heavy atom. The predicted molar refractivity (Wildman–Crippen MR) is 73.8 cm³/mol. The molecule has 2 unspecified atom stereocenters. The van der Waals surface area contributed by atoms with Gasteiger partial charge in [-0.05, 0) is 25.2 Å². The average molecular weight is 263 g/mol. The van der Waals surface area contributed by atoms with Crippen molar-refractivity contribution in [3.63, 3.8) is 0 Å². The molecule has 1 saturated heterocycles. The molecular formula is C13H21N5O. The van der Waals surface area contributed by atoms with E-state index in [-0.39, 0.29) is 6.10 Å². The van der Waals surface area contributed by atoms with Gasteiger partial charge in [-0.1, -0.05) is 6.92 Å². The third kappa shape index (κ3) is 2.64. The molecule has 1 aromatic heterocycles. The highest BCUT2D eigenvalue weighted by Gasteiger charge is 2.29. The third-order valence-corrected chi connectivity index (χ3v) is 4.06. The second kappa shape index (κ2) is 4.94. The van der Waals surface area contributed by atoms with Crippen LogP contribution in [0.2, 0.25) is 0 Å². The fraction of sp³-hybridized carbons (Fsp3) is 0.692. The maximum absolute atomic E-state index is 10.0. The van der Waals surface area contributed by atoms with E-state index in [0.29, 0.717) is 24.2 Å². The Bertz CT molecular complexity index is 462. The van der Waals surface area contributed by atoms with E-state index >= 15 is 0 Å². The molecule has 2 fully saturated rings. The van der Waals surface area contributed by atoms with E-state index < -0.39 is 0 Å². The molecule has 2 aliphatic rings. The van der Waals surface area contributed by atoms with Gasteiger partial charge in [0.15, 0.2) is 0 Å². The number of nitrogens with zero attached hydrogens (tertiary/aromatic N) is 3. The number of aliphatic hydroxyl groups excluding tert-OH is 1. The molecule has 0 spiro atoms. The van der Waals surface area contributed by atoms with Crippen molar-refractivity contribution in [2.24, 2.45) is 11.8 Å². The number of hydrogen-bond acceptors (Lipinski definition) is 6. The molecule has 3 rings (SSSR count). The van der Waals surface area contributed by atoms with Crippen molar-refractivity contribution >= 4 is 11.6 Å². The highest BCUT2D eigenvalue weighted by atomic mass is 16.3. The van der Waals surface area contributed by atoms with Gasteiger partial charge in [-0.3, -0.25) is 0 Å². The highest BCUT2D eigenvalue weighted by molar-refractivity contribution is 5.50. The molecule has 4 N–H and O–H groups in total. The number of β-amino-alcohol motifs (C(OH)–C–C–N with tert-alkyl or cyclic N) is 1. The number of piperidine rings is 1. The second-order valence-electron chi connectivity index (χ2n) is 5.67. The Kier molecular flexibility index (Phi) is 3.28. The third-order valence-electron chi connectivity index (χ3n) is 4.06. The normalized spacial score (nSPS) is 27.4. The minimum Gasteiger partial charge on any atom is -0.391 e. The van der Waals surface area contributed by atoms with Crippen LogP contribution in [0.5, 0.6) is 0 Å². The van der Waals surface area contributed by atoms with Crippen molar-refractivity contribution in [3.05, 3.63) is 11.9 Å². The molecule has 1 aliphatic heterocycles. The van der Waals surface area contributed by atoms with Gasteiger partial charge < -0.3 is 15.4 Å². The summed E-state index contributed by atoms with van der Waals surface area (Å²) in [4.78, 5) is 11.2. The Balaban J connectivity index is 1.84. The quantitative estimate of drug-likeness (QED) is 0.553. The fourth-order valence-corrected chi connectivity index (χ4v) is 2.47. The molecule has 0 amide bonds. The number of nitrogen functional groups attached to an aromatic ring is 1. The number of aliphatic hydroxyl groups is 1. The lowest BCUT2D eigenvalue weighted by Crippen LogP contribution is -2.43. The van der Waals surface area contributed by atoms with Crippen LogP contribution in [0, 0.1) is 5.92 Å². The first kappa shape index (κ1) is 12.6. The van der Waals surface area contributed by atoms with Crippen molar-refractivity contribution < 1.29 is 5.11 Å². The Morgan fingerprint density at radius 2 is 2.16 bits per heavy atom. The van der Waals surface area contributed by atoms with Crippen LogP contribution in [0.1, 0.15) is 37.9 Å². The van der Waals surface area contributed by atoms with Crippen LogP contribution in [0.15, 0.2) is 6.07 Å². The van der Waals surface area contributed by atoms with Gasteiger partial charge in [-0.25, -0.2) is 15.8 Å². The Morgan fingerprint density at radius 1 is 1.37 bits per heavy atom. The van der Waals surface area contributed by atoms with Crippen LogP contribution in [0.25, 0.3) is 0 Å². The summed E-state index contributed by atoms with van der Waals surface area (Å²) in [6.07, 6.45) is 3.01. The number of hydrogen-bond donors (Lipinski definition) is 3. The topological polar surface area (TPSA) is 87.3 Å². The van der Waals surface area contributed by atoms with E-state index in [1.54, 1.807) is 0 Å². The van der Waals surface area contributed by atoms with Crippen LogP contribution in [0.3, 0.4) is 0 Å². The molecule has 2 atom stereocenters. The standard InChI is InChI=1S/C13H21N5O/c1-8-4-5-18(7-10(8)19)12-6-11(17-14)15-13(16-12)9-2-3-9/h6,8-10,19H,2-5,7,14H2,1H3,(H,15,16,17). The number of rotatable bonds is 3. The van der Waals surface area contributed by atoms with Gasteiger partial charge in [0.05, 0.1) is 6.10 Å². The monoisotopic (exact) mass is 263 g/mol. The molecule has 0 bridgehead atoms. The van der Waals surface area contributed by atoms with Crippen LogP contribution >= 0.6 is 0 Å². The maximum Gasteiger partial charge on any atom is 0.145 e. The zero-order valence-electron chi connectivity index (χ0n) is 11.2. The molecule has 0 radical (unpaired) electrons. The maximum atomic E-state index is 10.0. The molecule has 2 heterocycles. The smallest absolute Gasteiger partial charge is 0.145 e. The van der Waals surface area contributed by atoms with Gasteiger partial charge in [0.25, 0.3) is 0 Å². The van der Waals surface area contributed by atoms with Crippen molar-refractivity contribution in [2.75, 3.05) is 23.4 Å². The first-order valence-electron chi connectivity index (χ1n) is 6.96. The van der Waals surface area contributed by atoms with E-state index in [0.717, 1.165) is 37.4 Å². The van der Waals surface area contributed by atoms with E-state index in [4.69, 9.17) is 5.84 Å². The van der Waals surface area contributed by atoms with Crippen molar-refractivity contribution in [1.82, 2.24) is 9.97 Å². The van der Waals surface area contributed by atoms with Gasteiger partial charge in [-0.2, -0.15) is 0 Å². The van der Waals surface area contributed by atoms with Crippen molar-refractivity contribution in [1.29, 1.82) is 0 Å². The van der Waals surface area contributed by atoms with Crippen LogP contribution in [-0.2, 0) is 0 Å². The lowest BCUT2D eigenvalue weighted by molar-refractivity contribution is 0.102. The van der Waals surface area contributed by atoms with Gasteiger partial charge >= 0.3 is 0 Å². The molecule has 1 aromatic rings. The van der Waals surface area contributed by atoms with E-state index in [2.05, 4.69) is 27.2 Å². The minimum absolute atomic E-state index is 0.289. The summed E-state index contributed by atoms with van der Waals surface area (Å²) in [5.74, 6) is 8.72. The van der Waals surface area contributed by atoms with Crippen molar-refractivity contribution in [3.8, 4) is 0 Å². The molecule has 0 aromatic carbocycles. The molecular weight excluding hydrogens is 242 g/mol. The number of hydrazine groups is 1. The SMILES string of the molecule is CC1CCN(c2cc(NN)nc(C3CC3)n2)CC1O. The number of nitrogens with two attached hydrogens (primary N) is 1. The fourth-order valence-electron chi connectivity index (χ4n) is 2.47. The van der Waals surface area contributed by atoms with Gasteiger partial charge in [0, 0.05) is 25.1 Å². The summed E-state index contributed by atoms with van der Waals surface area (Å²) in [6.45, 7) is 3.64. The van der Waals surface area contributed by atoms with Crippen LogP contribution in [-0.4, -0.2) is 34.3 Å². The molecule has 104 valence electrons. The zero-order valence-corrected chi connectivity index (χ0v) is 11.2. The molecule has 6 heteroatoms. The van der Waals surface area contributed by atoms with Gasteiger partial charge in [-0.15, -0.1) is 0 Å². The average Bonchev–Trinajstić information content (AvgIpc) is 3.26. The molecule has 1 saturated carbocycles. The summed E-state index contributed by atoms with van der Waals surface area (Å²) in [5.41, 5.74) is 2.61. The van der Waals surface area contributed by atoms with E-state index in [1.807, 2.05) is 6.07 Å². The summed E-state index contributed by atoms with van der Waals surface area (Å²) >= 11 is 0.